The molecule has 0 spiro atoms. The predicted octanol–water partition coefficient (Wildman–Crippen LogP) is 7.91. The van der Waals surface area contributed by atoms with E-state index in [1.165, 1.54) is 19.8 Å². The van der Waals surface area contributed by atoms with E-state index in [4.69, 9.17) is 23.9 Å². The number of ketones is 2. The van der Waals surface area contributed by atoms with Crippen LogP contribution in [-0.4, -0.2) is 176 Å². The number of ether oxygens (including phenoxy) is 4. The monoisotopic (exact) mass is 1190 g/mol. The van der Waals surface area contributed by atoms with Gasteiger partial charge in [0.2, 0.25) is 11.7 Å². The van der Waals surface area contributed by atoms with Gasteiger partial charge < -0.3 is 54.2 Å². The lowest BCUT2D eigenvalue weighted by molar-refractivity contribution is -0.302. The Bertz CT molecular complexity index is 3100. The van der Waals surface area contributed by atoms with Crippen LogP contribution in [0.5, 0.6) is 0 Å². The molecule has 1 saturated carbocycles. The van der Waals surface area contributed by atoms with E-state index < -0.39 is 83.9 Å². The highest BCUT2D eigenvalue weighted by molar-refractivity contribution is 6.39. The molecule has 466 valence electrons. The summed E-state index contributed by atoms with van der Waals surface area (Å²) in [6, 6.07) is 17.9. The molecule has 3 saturated heterocycles. The van der Waals surface area contributed by atoms with Crippen molar-refractivity contribution in [1.29, 1.82) is 0 Å². The quantitative estimate of drug-likeness (QED) is 0.0545. The Labute approximate surface area is 506 Å². The first-order valence-electron chi connectivity index (χ1n) is 31.2. The van der Waals surface area contributed by atoms with Gasteiger partial charge in [-0.25, -0.2) is 9.78 Å². The van der Waals surface area contributed by atoms with Gasteiger partial charge in [0.05, 0.1) is 24.4 Å². The largest absolute Gasteiger partial charge is 0.456 e. The number of nitrogens with zero attached hydrogens (tertiary/aromatic N) is 4. The van der Waals surface area contributed by atoms with Gasteiger partial charge in [-0.1, -0.05) is 92.6 Å². The number of aryl methyl sites for hydroxylation is 1. The van der Waals surface area contributed by atoms with Crippen LogP contribution >= 0.6 is 0 Å². The first-order valence-corrected chi connectivity index (χ1v) is 31.2. The summed E-state index contributed by atoms with van der Waals surface area (Å²) < 4.78 is 24.7. The van der Waals surface area contributed by atoms with E-state index >= 15 is 0 Å². The normalized spacial score (nSPS) is 32.5. The SMILES string of the molecule is CO[C@H]1C[C@@H](C)C/C(C)=C/[C@@H](CC(=O)N2CCN(Cc3ccc(-c4cnc5[nH]cc(-c6cccc(C)c6)c5c4)cc3)CC2)C(=O)C[C@H](O)[C@@H](C)[C@@H](/C(C)=C/[C@@H]2CC[C@@H](O)[C@H](CO)C2)OC(=O)[C@@H]2CCCCN2C(=O)C(=O)[C@]2(O)O[C@H]1[C@@H](OC)C[C@H]2C. The van der Waals surface area contributed by atoms with Gasteiger partial charge in [-0.05, 0) is 119 Å². The van der Waals surface area contributed by atoms with Crippen molar-refractivity contribution in [3.63, 3.8) is 0 Å². The van der Waals surface area contributed by atoms with Crippen molar-refractivity contribution < 1.29 is 63.3 Å². The van der Waals surface area contributed by atoms with Crippen molar-refractivity contribution in [2.45, 2.75) is 167 Å². The Morgan fingerprint density at radius 2 is 1.58 bits per heavy atom. The number of piperidine rings is 1. The highest BCUT2D eigenvalue weighted by atomic mass is 16.7. The Hall–Kier alpha value is -5.96. The molecule has 2 aromatic carbocycles. The average molecular weight is 1190 g/mol. The van der Waals surface area contributed by atoms with Gasteiger partial charge >= 0.3 is 5.97 Å². The van der Waals surface area contributed by atoms with Crippen molar-refractivity contribution in [2.75, 3.05) is 53.6 Å². The third kappa shape index (κ3) is 14.8. The number of pyridine rings is 1. The maximum atomic E-state index is 14.9. The Morgan fingerprint density at radius 1 is 0.849 bits per heavy atom. The van der Waals surface area contributed by atoms with Crippen LogP contribution in [-0.2, 0) is 49.5 Å². The van der Waals surface area contributed by atoms with Crippen LogP contribution in [0, 0.1) is 42.4 Å². The first-order chi connectivity index (χ1) is 41.2. The molecule has 4 aliphatic heterocycles. The molecule has 14 atom stereocenters. The third-order valence-corrected chi connectivity index (χ3v) is 19.2. The van der Waals surface area contributed by atoms with Crippen LogP contribution in [0.1, 0.15) is 116 Å². The molecule has 0 unspecified atom stereocenters. The van der Waals surface area contributed by atoms with Gasteiger partial charge in [-0.15, -0.1) is 0 Å². The van der Waals surface area contributed by atoms with Crippen molar-refractivity contribution in [3.05, 3.63) is 101 Å². The molecule has 2 aromatic heterocycles. The van der Waals surface area contributed by atoms with E-state index in [-0.39, 0.29) is 68.3 Å². The number of benzene rings is 2. The van der Waals surface area contributed by atoms with Gasteiger partial charge in [-0.2, -0.15) is 0 Å². The number of esters is 1. The van der Waals surface area contributed by atoms with Crippen LogP contribution in [0.25, 0.3) is 33.3 Å². The molecule has 9 rings (SSSR count). The van der Waals surface area contributed by atoms with Crippen LogP contribution in [0.3, 0.4) is 0 Å². The fourth-order valence-electron chi connectivity index (χ4n) is 14.0. The number of cyclic esters (lactones) is 1. The van der Waals surface area contributed by atoms with E-state index in [9.17, 15) is 44.4 Å². The van der Waals surface area contributed by atoms with E-state index in [1.807, 2.05) is 43.3 Å². The number of aromatic amines is 1. The minimum atomic E-state index is -2.58. The molecule has 6 heterocycles. The van der Waals surface area contributed by atoms with Gasteiger partial charge in [0.25, 0.3) is 11.7 Å². The molecule has 18 nitrogen and oxygen atoms in total. The van der Waals surface area contributed by atoms with E-state index in [2.05, 4.69) is 71.4 Å². The third-order valence-electron chi connectivity index (χ3n) is 19.2. The number of rotatable bonds is 11. The summed E-state index contributed by atoms with van der Waals surface area (Å²) >= 11 is 0. The molecule has 2 amide bonds. The van der Waals surface area contributed by atoms with Gasteiger partial charge in [0.1, 0.15) is 29.7 Å². The van der Waals surface area contributed by atoms with Crippen molar-refractivity contribution in [2.24, 2.45) is 35.5 Å². The van der Waals surface area contributed by atoms with Crippen LogP contribution < -0.4 is 0 Å². The lowest BCUT2D eigenvalue weighted by Gasteiger charge is -2.47. The molecule has 2 bridgehead atoms. The maximum absolute atomic E-state index is 14.9. The fraction of sp³-hybridized carbons (Fsp3) is 0.588. The van der Waals surface area contributed by atoms with Gasteiger partial charge in [0.15, 0.2) is 0 Å². The summed E-state index contributed by atoms with van der Waals surface area (Å²) in [4.78, 5) is 86.4. The summed E-state index contributed by atoms with van der Waals surface area (Å²) in [7, 11) is 3.03. The molecule has 1 aliphatic carbocycles. The highest BCUT2D eigenvalue weighted by Gasteiger charge is 2.57. The average Bonchev–Trinajstić information content (AvgIpc) is 1.13. The smallest absolute Gasteiger partial charge is 0.329 e. The molecule has 5 N–H and O–H groups in total. The zero-order chi connectivity index (χ0) is 61.6. The topological polar surface area (TPSA) is 242 Å². The molecule has 86 heavy (non-hydrogen) atoms. The van der Waals surface area contributed by atoms with Crippen molar-refractivity contribution in [3.8, 4) is 22.3 Å². The lowest BCUT2D eigenvalue weighted by Crippen LogP contribution is -2.64. The zero-order valence-electron chi connectivity index (χ0n) is 51.5. The second kappa shape index (κ2) is 28.5. The van der Waals surface area contributed by atoms with Gasteiger partial charge in [0, 0.05) is 126 Å². The molecule has 4 fully saturated rings. The summed E-state index contributed by atoms with van der Waals surface area (Å²) in [5, 5.41) is 46.3. The lowest BCUT2D eigenvalue weighted by atomic mass is 9.78. The Morgan fingerprint density at radius 3 is 2.29 bits per heavy atom. The number of aliphatic hydroxyl groups is 4. The Kier molecular flexibility index (Phi) is 21.4. The summed E-state index contributed by atoms with van der Waals surface area (Å²) in [5.41, 5.74) is 8.90. The number of methoxy groups -OCH3 is 2. The van der Waals surface area contributed by atoms with Crippen LogP contribution in [0.15, 0.2) is 90.3 Å². The summed E-state index contributed by atoms with van der Waals surface area (Å²) in [6.07, 6.45) is 5.49. The number of carbonyl (C=O) groups is 5. The minimum absolute atomic E-state index is 0.0377. The second-order valence-electron chi connectivity index (χ2n) is 25.7. The molecule has 4 aromatic rings. The summed E-state index contributed by atoms with van der Waals surface area (Å²) in [5.74, 6) is -9.46. The van der Waals surface area contributed by atoms with E-state index in [0.29, 0.717) is 83.2 Å². The fourth-order valence-corrected chi connectivity index (χ4v) is 14.0. The van der Waals surface area contributed by atoms with Gasteiger partial charge in [-0.3, -0.25) is 24.1 Å². The highest BCUT2D eigenvalue weighted by Crippen LogP contribution is 2.40. The van der Waals surface area contributed by atoms with E-state index in [1.54, 1.807) is 20.8 Å². The number of nitrogens with one attached hydrogen (secondary N) is 1. The number of H-pyrrole nitrogens is 1. The van der Waals surface area contributed by atoms with Crippen LogP contribution in [0.4, 0.5) is 0 Å². The number of hydrogen-bond donors (Lipinski definition) is 5. The number of allylic oxidation sites excluding steroid dienone is 3. The van der Waals surface area contributed by atoms with Crippen LogP contribution in [0.2, 0.25) is 0 Å². The molecule has 0 radical (unpaired) electrons. The number of amides is 2. The molecule has 5 aliphatic rings. The number of carbonyl (C=O) groups excluding carboxylic acids is 5. The number of fused-ring (bicyclic) bond motifs is 4. The second-order valence-corrected chi connectivity index (χ2v) is 25.7. The zero-order valence-corrected chi connectivity index (χ0v) is 51.5. The van der Waals surface area contributed by atoms with E-state index in [0.717, 1.165) is 49.3 Å². The number of aliphatic hydroxyl groups excluding tert-OH is 3. The predicted molar refractivity (Wildman–Crippen MR) is 326 cm³/mol. The number of piperazine rings is 1. The molecular weight excluding hydrogens is 1090 g/mol. The maximum Gasteiger partial charge on any atom is 0.329 e. The number of aromatic nitrogens is 2. The number of Topliss-reactive ketones (excluding diaryl/α,β-unsaturated/α-hetero) is 2. The van der Waals surface area contributed by atoms with Crippen molar-refractivity contribution >= 4 is 40.4 Å². The standard InChI is InChI=1S/C68H91N5O13/c1-40-12-11-13-49(27-40)54-37-70-65-53(54)33-51(36-69-65)48-18-15-46(16-19-48)38-71-22-24-72(25-23-71)61(78)34-50-28-41(2)26-42(3)29-59(83-7)63-60(84-8)31-44(5)68(82,86-63)64(79)66(80)73-21-10-9-14-55(73)67(81)85-62(45(6)57(76)35-58(50)77)43(4)30-47-17-20-56(75)52(32-47)39-74/h11-13,15-16,18-19,27-28,30,33,36-37,42,44-45,47,50,52,55-57,59-60,62-63,74-76,82H,9-10,14,17,20-26,29,31-32,34-35,38-39H2,1-8H3,(H,69,70)/b41-28+,43-30+/t42-,44+,45+,47-,50-,52-,55-,56+,57-,59-,60-,62+,63+,68+/m0/s1. The molecule has 18 heteroatoms. The summed E-state index contributed by atoms with van der Waals surface area (Å²) in [6.45, 7) is 13.8. The Balaban J connectivity index is 0.938. The van der Waals surface area contributed by atoms with Crippen molar-refractivity contribution in [1.82, 2.24) is 24.7 Å². The number of hydrogen-bond acceptors (Lipinski definition) is 15. The minimum Gasteiger partial charge on any atom is -0.456 e. The first kappa shape index (κ1) is 64.5. The molecular formula is C68H91N5O13.